The van der Waals surface area contributed by atoms with Gasteiger partial charge in [0.1, 0.15) is 0 Å². The second kappa shape index (κ2) is 10.1. The maximum Gasteiger partial charge on any atom is 0.339 e. The molecule has 3 rings (SSSR count). The van der Waals surface area contributed by atoms with Crippen LogP contribution in [0.2, 0.25) is 0 Å². The molecule has 0 N–H and O–H groups in total. The molecule has 0 heterocycles. The molecule has 4 nitrogen and oxygen atoms in total. The van der Waals surface area contributed by atoms with Gasteiger partial charge in [0.15, 0.2) is 6.10 Å². The number of esters is 1. The SMILES string of the molecule is CCN(C)/C=N/c1ccc(C(=O)OC(c2ccccc2)c2ccc(C)cc2)c(C)c1C. The van der Waals surface area contributed by atoms with Gasteiger partial charge >= 0.3 is 5.97 Å². The highest BCUT2D eigenvalue weighted by molar-refractivity contribution is 5.92. The number of rotatable bonds is 7. The summed E-state index contributed by atoms with van der Waals surface area (Å²) in [5.41, 5.74) is 6.33. The van der Waals surface area contributed by atoms with E-state index >= 15 is 0 Å². The molecule has 0 fully saturated rings. The van der Waals surface area contributed by atoms with Gasteiger partial charge < -0.3 is 9.64 Å². The quantitative estimate of drug-likeness (QED) is 0.264. The van der Waals surface area contributed by atoms with Crippen LogP contribution in [-0.2, 0) is 4.74 Å². The third-order valence-electron chi connectivity index (χ3n) is 5.58. The molecule has 0 amide bonds. The summed E-state index contributed by atoms with van der Waals surface area (Å²) in [5.74, 6) is -0.337. The van der Waals surface area contributed by atoms with Crippen LogP contribution in [-0.4, -0.2) is 30.8 Å². The van der Waals surface area contributed by atoms with Crippen LogP contribution in [0.1, 0.15) is 51.2 Å². The summed E-state index contributed by atoms with van der Waals surface area (Å²) < 4.78 is 6.05. The molecular weight excluding hydrogens is 384 g/mol. The van der Waals surface area contributed by atoms with Crippen LogP contribution in [0.15, 0.2) is 71.7 Å². The van der Waals surface area contributed by atoms with Gasteiger partial charge in [-0.3, -0.25) is 0 Å². The molecule has 0 aliphatic carbocycles. The zero-order valence-corrected chi connectivity index (χ0v) is 18.9. The highest BCUT2D eigenvalue weighted by Crippen LogP contribution is 2.30. The minimum absolute atomic E-state index is 0.337. The number of nitrogens with zero attached hydrogens (tertiary/aromatic N) is 2. The predicted molar refractivity (Wildman–Crippen MR) is 127 cm³/mol. The number of aryl methyl sites for hydroxylation is 1. The Kier molecular flexibility index (Phi) is 7.24. The molecule has 0 saturated carbocycles. The Morgan fingerprint density at radius 1 is 0.935 bits per heavy atom. The first-order chi connectivity index (χ1) is 14.9. The first-order valence-electron chi connectivity index (χ1n) is 10.6. The molecule has 0 aliphatic rings. The van der Waals surface area contributed by atoms with Crippen molar-refractivity contribution in [2.24, 2.45) is 4.99 Å². The number of hydrogen-bond acceptors (Lipinski definition) is 3. The lowest BCUT2D eigenvalue weighted by atomic mass is 9.99. The molecule has 0 saturated heterocycles. The van der Waals surface area contributed by atoms with Gasteiger partial charge in [0.25, 0.3) is 0 Å². The monoisotopic (exact) mass is 414 g/mol. The molecule has 0 bridgehead atoms. The molecule has 3 aromatic rings. The molecule has 0 aliphatic heterocycles. The van der Waals surface area contributed by atoms with E-state index in [1.807, 2.05) is 99.7 Å². The lowest BCUT2D eigenvalue weighted by molar-refractivity contribution is 0.0377. The van der Waals surface area contributed by atoms with Crippen LogP contribution in [0.3, 0.4) is 0 Å². The first kappa shape index (κ1) is 22.3. The topological polar surface area (TPSA) is 41.9 Å². The second-order valence-electron chi connectivity index (χ2n) is 7.81. The lowest BCUT2D eigenvalue weighted by Crippen LogP contribution is -2.15. The van der Waals surface area contributed by atoms with E-state index in [9.17, 15) is 4.79 Å². The summed E-state index contributed by atoms with van der Waals surface area (Å²) in [4.78, 5) is 19.8. The van der Waals surface area contributed by atoms with E-state index in [-0.39, 0.29) is 5.97 Å². The fourth-order valence-electron chi connectivity index (χ4n) is 3.28. The van der Waals surface area contributed by atoms with Crippen LogP contribution in [0, 0.1) is 20.8 Å². The van der Waals surface area contributed by atoms with Gasteiger partial charge in [0, 0.05) is 13.6 Å². The van der Waals surface area contributed by atoms with Crippen molar-refractivity contribution >= 4 is 18.0 Å². The number of aliphatic imine (C=N–C) groups is 1. The highest BCUT2D eigenvalue weighted by atomic mass is 16.5. The van der Waals surface area contributed by atoms with E-state index in [0.717, 1.165) is 34.5 Å². The van der Waals surface area contributed by atoms with E-state index in [1.54, 1.807) is 6.07 Å². The van der Waals surface area contributed by atoms with Gasteiger partial charge in [-0.25, -0.2) is 9.79 Å². The average molecular weight is 415 g/mol. The molecule has 0 spiro atoms. The number of ether oxygens (including phenoxy) is 1. The standard InChI is InChI=1S/C27H30N2O2/c1-6-29(5)18-28-25-17-16-24(20(3)21(25)4)27(30)31-26(22-10-8-7-9-11-22)23-14-12-19(2)13-15-23/h7-18,26H,6H2,1-5H3/b28-18+. The highest BCUT2D eigenvalue weighted by Gasteiger charge is 2.22. The number of hydrogen-bond donors (Lipinski definition) is 0. The minimum Gasteiger partial charge on any atom is -0.449 e. The second-order valence-corrected chi connectivity index (χ2v) is 7.81. The molecule has 1 atom stereocenters. The molecule has 1 unspecified atom stereocenters. The van der Waals surface area contributed by atoms with E-state index in [2.05, 4.69) is 11.9 Å². The zero-order valence-electron chi connectivity index (χ0n) is 18.9. The number of carbonyl (C=O) groups is 1. The van der Waals surface area contributed by atoms with E-state index < -0.39 is 6.10 Å². The summed E-state index contributed by atoms with van der Waals surface area (Å²) in [7, 11) is 1.98. The third-order valence-corrected chi connectivity index (χ3v) is 5.58. The van der Waals surface area contributed by atoms with E-state index in [0.29, 0.717) is 5.56 Å². The van der Waals surface area contributed by atoms with Crippen molar-refractivity contribution < 1.29 is 9.53 Å². The van der Waals surface area contributed by atoms with Gasteiger partial charge in [0.2, 0.25) is 0 Å². The summed E-state index contributed by atoms with van der Waals surface area (Å²) in [6, 6.07) is 21.6. The molecular formula is C27H30N2O2. The normalized spacial score (nSPS) is 12.0. The van der Waals surface area contributed by atoms with Gasteiger partial charge in [-0.15, -0.1) is 0 Å². The summed E-state index contributed by atoms with van der Waals surface area (Å²) >= 11 is 0. The predicted octanol–water partition coefficient (Wildman–Crippen LogP) is 6.17. The van der Waals surface area contributed by atoms with Crippen molar-refractivity contribution in [2.45, 2.75) is 33.8 Å². The molecule has 4 heteroatoms. The Balaban J connectivity index is 1.91. The van der Waals surface area contributed by atoms with Crippen molar-refractivity contribution in [2.75, 3.05) is 13.6 Å². The van der Waals surface area contributed by atoms with E-state index in [1.165, 1.54) is 5.56 Å². The van der Waals surface area contributed by atoms with Gasteiger partial charge in [-0.2, -0.15) is 0 Å². The fourth-order valence-corrected chi connectivity index (χ4v) is 3.28. The zero-order chi connectivity index (χ0) is 22.4. The molecule has 0 radical (unpaired) electrons. The minimum atomic E-state index is -0.468. The molecule has 0 aromatic heterocycles. The van der Waals surface area contributed by atoms with Gasteiger partial charge in [-0.1, -0.05) is 60.2 Å². The van der Waals surface area contributed by atoms with Crippen molar-refractivity contribution in [3.63, 3.8) is 0 Å². The molecule has 160 valence electrons. The summed E-state index contributed by atoms with van der Waals surface area (Å²) in [5, 5.41) is 0. The number of carbonyl (C=O) groups excluding carboxylic acids is 1. The molecule has 3 aromatic carbocycles. The van der Waals surface area contributed by atoms with Crippen LogP contribution < -0.4 is 0 Å². The summed E-state index contributed by atoms with van der Waals surface area (Å²) in [6.45, 7) is 8.92. The first-order valence-corrected chi connectivity index (χ1v) is 10.6. The Morgan fingerprint density at radius 2 is 1.58 bits per heavy atom. The van der Waals surface area contributed by atoms with Crippen molar-refractivity contribution in [1.29, 1.82) is 0 Å². The van der Waals surface area contributed by atoms with Crippen LogP contribution in [0.25, 0.3) is 0 Å². The Hall–Kier alpha value is -3.40. The third kappa shape index (κ3) is 5.40. The Labute approximate surface area is 185 Å². The van der Waals surface area contributed by atoms with Crippen molar-refractivity contribution in [3.05, 3.63) is 100 Å². The molecule has 31 heavy (non-hydrogen) atoms. The number of benzene rings is 3. The average Bonchev–Trinajstić information content (AvgIpc) is 2.79. The van der Waals surface area contributed by atoms with E-state index in [4.69, 9.17) is 4.74 Å². The Bertz CT molecular complexity index is 1060. The largest absolute Gasteiger partial charge is 0.449 e. The van der Waals surface area contributed by atoms with Crippen molar-refractivity contribution in [3.8, 4) is 0 Å². The lowest BCUT2D eigenvalue weighted by Gasteiger charge is -2.20. The van der Waals surface area contributed by atoms with Crippen molar-refractivity contribution in [1.82, 2.24) is 4.90 Å². The van der Waals surface area contributed by atoms with Crippen LogP contribution in [0.5, 0.6) is 0 Å². The fraction of sp³-hybridized carbons (Fsp3) is 0.259. The van der Waals surface area contributed by atoms with Crippen LogP contribution in [0.4, 0.5) is 5.69 Å². The smallest absolute Gasteiger partial charge is 0.339 e. The summed E-state index contributed by atoms with van der Waals surface area (Å²) in [6.07, 6.45) is 1.34. The van der Waals surface area contributed by atoms with Crippen LogP contribution >= 0.6 is 0 Å². The van der Waals surface area contributed by atoms with Gasteiger partial charge in [0.05, 0.1) is 17.6 Å². The maximum atomic E-state index is 13.2. The maximum absolute atomic E-state index is 13.2. The Morgan fingerprint density at radius 3 is 2.23 bits per heavy atom. The van der Waals surface area contributed by atoms with Gasteiger partial charge in [-0.05, 0) is 62.1 Å².